The van der Waals surface area contributed by atoms with Crippen molar-refractivity contribution < 1.29 is 19.7 Å². The van der Waals surface area contributed by atoms with Gasteiger partial charge in [0.05, 0.1) is 0 Å². The number of hydrogen-bond donors (Lipinski definition) is 4. The van der Waals surface area contributed by atoms with Crippen molar-refractivity contribution in [1.29, 1.82) is 0 Å². The van der Waals surface area contributed by atoms with Crippen molar-refractivity contribution in [3.05, 3.63) is 23.8 Å². The second-order valence-corrected chi connectivity index (χ2v) is 7.59. The fourth-order valence-electron chi connectivity index (χ4n) is 2.46. The van der Waals surface area contributed by atoms with Gasteiger partial charge < -0.3 is 30.3 Å². The quantitative estimate of drug-likeness (QED) is 0.395. The van der Waals surface area contributed by atoms with Gasteiger partial charge in [0.15, 0.2) is 11.5 Å². The number of hydrogen-bond acceptors (Lipinski definition) is 6. The minimum atomic E-state index is -0.601. The summed E-state index contributed by atoms with van der Waals surface area (Å²) in [5.74, 6) is 1.19. The van der Waals surface area contributed by atoms with E-state index >= 15 is 0 Å². The third kappa shape index (κ3) is 10.5. The van der Waals surface area contributed by atoms with Crippen LogP contribution in [0.25, 0.3) is 0 Å². The lowest BCUT2D eigenvalue weighted by molar-refractivity contribution is 0.0909. The molecule has 4 N–H and O–H groups in total. The molecule has 1 aromatic carbocycles. The normalized spacial score (nSPS) is 13.8. The Morgan fingerprint density at radius 1 is 0.852 bits per heavy atom. The molecular weight excluding hydrogens is 344 g/mol. The Kier molecular flexibility index (Phi) is 11.4. The molecule has 0 aromatic heterocycles. The zero-order valence-corrected chi connectivity index (χ0v) is 17.5. The number of aliphatic hydroxyl groups excluding tert-OH is 2. The van der Waals surface area contributed by atoms with Crippen LogP contribution in [0.3, 0.4) is 0 Å². The fourth-order valence-corrected chi connectivity index (χ4v) is 2.46. The van der Waals surface area contributed by atoms with Crippen LogP contribution in [0.15, 0.2) is 18.2 Å². The number of ether oxygens (including phenoxy) is 2. The predicted molar refractivity (Wildman–Crippen MR) is 110 cm³/mol. The maximum atomic E-state index is 10.1. The Hall–Kier alpha value is -1.34. The summed E-state index contributed by atoms with van der Waals surface area (Å²) in [6.45, 7) is 11.6. The number of benzene rings is 1. The Balaban J connectivity index is 2.66. The average molecular weight is 383 g/mol. The standard InChI is InChI=1S/C21H38N2O4/c1-6-7-17-8-9-20(26-13-18(24)11-22-15(2)3)21(10-17)27-14-19(25)12-23-16(4)5/h8-10,15-16,18-19,22-25H,6-7,11-14H2,1-5H3. The number of rotatable bonds is 14. The van der Waals surface area contributed by atoms with Crippen molar-refractivity contribution in [3.8, 4) is 11.5 Å². The Labute approximate surface area is 164 Å². The number of nitrogens with one attached hydrogen (secondary N) is 2. The lowest BCUT2D eigenvalue weighted by atomic mass is 10.1. The molecule has 27 heavy (non-hydrogen) atoms. The van der Waals surface area contributed by atoms with Gasteiger partial charge >= 0.3 is 0 Å². The molecule has 0 bridgehead atoms. The van der Waals surface area contributed by atoms with E-state index < -0.39 is 12.2 Å². The van der Waals surface area contributed by atoms with Crippen molar-refractivity contribution in [1.82, 2.24) is 10.6 Å². The molecule has 0 heterocycles. The molecular formula is C21H38N2O4. The fraction of sp³-hybridized carbons (Fsp3) is 0.714. The molecule has 0 aliphatic carbocycles. The van der Waals surface area contributed by atoms with E-state index in [1.165, 1.54) is 0 Å². The summed E-state index contributed by atoms with van der Waals surface area (Å²) in [6, 6.07) is 6.48. The van der Waals surface area contributed by atoms with Crippen molar-refractivity contribution in [2.75, 3.05) is 26.3 Å². The van der Waals surface area contributed by atoms with E-state index in [4.69, 9.17) is 9.47 Å². The highest BCUT2D eigenvalue weighted by molar-refractivity contribution is 5.43. The van der Waals surface area contributed by atoms with Crippen LogP contribution in [-0.4, -0.2) is 60.8 Å². The van der Waals surface area contributed by atoms with Crippen LogP contribution in [0.1, 0.15) is 46.6 Å². The molecule has 0 radical (unpaired) electrons. The van der Waals surface area contributed by atoms with Gasteiger partial charge in [0.2, 0.25) is 0 Å². The van der Waals surface area contributed by atoms with E-state index in [9.17, 15) is 10.2 Å². The van der Waals surface area contributed by atoms with E-state index in [2.05, 4.69) is 17.6 Å². The second kappa shape index (κ2) is 12.9. The van der Waals surface area contributed by atoms with Gasteiger partial charge in [-0.1, -0.05) is 47.1 Å². The van der Waals surface area contributed by atoms with Crippen LogP contribution in [-0.2, 0) is 6.42 Å². The summed E-state index contributed by atoms with van der Waals surface area (Å²) in [7, 11) is 0. The highest BCUT2D eigenvalue weighted by atomic mass is 16.5. The Morgan fingerprint density at radius 3 is 1.85 bits per heavy atom. The van der Waals surface area contributed by atoms with Crippen LogP contribution < -0.4 is 20.1 Å². The van der Waals surface area contributed by atoms with Crippen LogP contribution in [0, 0.1) is 0 Å². The molecule has 1 rings (SSSR count). The zero-order valence-electron chi connectivity index (χ0n) is 17.5. The largest absolute Gasteiger partial charge is 0.487 e. The topological polar surface area (TPSA) is 83.0 Å². The van der Waals surface area contributed by atoms with Crippen molar-refractivity contribution in [2.24, 2.45) is 0 Å². The van der Waals surface area contributed by atoms with E-state index in [-0.39, 0.29) is 13.2 Å². The van der Waals surface area contributed by atoms with E-state index in [0.29, 0.717) is 36.7 Å². The highest BCUT2D eigenvalue weighted by Crippen LogP contribution is 2.29. The first-order chi connectivity index (χ1) is 12.8. The van der Waals surface area contributed by atoms with E-state index in [0.717, 1.165) is 18.4 Å². The lowest BCUT2D eigenvalue weighted by Gasteiger charge is -2.19. The Morgan fingerprint density at radius 2 is 1.37 bits per heavy atom. The molecule has 6 nitrogen and oxygen atoms in total. The van der Waals surface area contributed by atoms with Gasteiger partial charge in [0, 0.05) is 25.2 Å². The summed E-state index contributed by atoms with van der Waals surface area (Å²) < 4.78 is 11.6. The first-order valence-electron chi connectivity index (χ1n) is 10.0. The minimum absolute atomic E-state index is 0.181. The number of aliphatic hydroxyl groups is 2. The first-order valence-corrected chi connectivity index (χ1v) is 10.0. The van der Waals surface area contributed by atoms with Crippen LogP contribution in [0.2, 0.25) is 0 Å². The summed E-state index contributed by atoms with van der Waals surface area (Å²) in [5, 5.41) is 26.5. The molecule has 2 unspecified atom stereocenters. The first kappa shape index (κ1) is 23.7. The molecule has 156 valence electrons. The molecule has 0 aliphatic rings. The van der Waals surface area contributed by atoms with Crippen LogP contribution >= 0.6 is 0 Å². The smallest absolute Gasteiger partial charge is 0.161 e. The molecule has 1 aromatic rings. The lowest BCUT2D eigenvalue weighted by Crippen LogP contribution is -2.35. The summed E-state index contributed by atoms with van der Waals surface area (Å²) >= 11 is 0. The van der Waals surface area contributed by atoms with Gasteiger partial charge in [-0.2, -0.15) is 0 Å². The van der Waals surface area contributed by atoms with Gasteiger partial charge in [0.1, 0.15) is 25.4 Å². The third-order valence-corrected chi connectivity index (χ3v) is 3.93. The van der Waals surface area contributed by atoms with E-state index in [1.807, 2.05) is 45.9 Å². The molecule has 0 saturated carbocycles. The van der Waals surface area contributed by atoms with Crippen molar-refractivity contribution in [2.45, 2.75) is 71.8 Å². The van der Waals surface area contributed by atoms with Crippen LogP contribution in [0.4, 0.5) is 0 Å². The summed E-state index contributed by atoms with van der Waals surface area (Å²) in [4.78, 5) is 0. The maximum Gasteiger partial charge on any atom is 0.161 e. The van der Waals surface area contributed by atoms with Gasteiger partial charge in [-0.25, -0.2) is 0 Å². The third-order valence-electron chi connectivity index (χ3n) is 3.93. The van der Waals surface area contributed by atoms with Crippen molar-refractivity contribution >= 4 is 0 Å². The molecule has 0 fully saturated rings. The molecule has 2 atom stereocenters. The molecule has 0 aliphatic heterocycles. The van der Waals surface area contributed by atoms with E-state index in [1.54, 1.807) is 0 Å². The predicted octanol–water partition coefficient (Wildman–Crippen LogP) is 2.11. The summed E-state index contributed by atoms with van der Waals surface area (Å²) in [6.07, 6.45) is 0.794. The van der Waals surface area contributed by atoms with Gasteiger partial charge in [-0.05, 0) is 24.1 Å². The minimum Gasteiger partial charge on any atom is -0.487 e. The van der Waals surface area contributed by atoms with Gasteiger partial charge in [-0.3, -0.25) is 0 Å². The average Bonchev–Trinajstić information content (AvgIpc) is 2.62. The zero-order chi connectivity index (χ0) is 20.2. The maximum absolute atomic E-state index is 10.1. The van der Waals surface area contributed by atoms with Gasteiger partial charge in [0.25, 0.3) is 0 Å². The Bertz CT molecular complexity index is 523. The second-order valence-electron chi connectivity index (χ2n) is 7.59. The molecule has 0 spiro atoms. The highest BCUT2D eigenvalue weighted by Gasteiger charge is 2.13. The number of aryl methyl sites for hydroxylation is 1. The SMILES string of the molecule is CCCc1ccc(OCC(O)CNC(C)C)c(OCC(O)CNC(C)C)c1. The summed E-state index contributed by atoms with van der Waals surface area (Å²) in [5.41, 5.74) is 1.16. The van der Waals surface area contributed by atoms with Gasteiger partial charge in [-0.15, -0.1) is 0 Å². The molecule has 6 heteroatoms. The van der Waals surface area contributed by atoms with Crippen LogP contribution in [0.5, 0.6) is 11.5 Å². The molecule has 0 amide bonds. The van der Waals surface area contributed by atoms with Crippen molar-refractivity contribution in [3.63, 3.8) is 0 Å². The molecule has 0 saturated heterocycles. The monoisotopic (exact) mass is 382 g/mol.